The van der Waals surface area contributed by atoms with Gasteiger partial charge in [-0.2, -0.15) is 0 Å². The molecule has 146 valence electrons. The van der Waals surface area contributed by atoms with Crippen LogP contribution >= 0.6 is 11.6 Å². The highest BCUT2D eigenvalue weighted by Crippen LogP contribution is 2.23. The zero-order chi connectivity index (χ0) is 20.7. The van der Waals surface area contributed by atoms with Gasteiger partial charge in [0.25, 0.3) is 0 Å². The molecule has 0 fully saturated rings. The normalized spacial score (nSPS) is 12.3. The first-order valence-corrected chi connectivity index (χ1v) is 9.51. The van der Waals surface area contributed by atoms with E-state index in [1.807, 2.05) is 42.5 Å². The van der Waals surface area contributed by atoms with Gasteiger partial charge >= 0.3 is 5.97 Å². The number of halogens is 1. The van der Waals surface area contributed by atoms with Crippen molar-refractivity contribution in [1.82, 2.24) is 4.90 Å². The molecule has 0 aliphatic heterocycles. The van der Waals surface area contributed by atoms with Gasteiger partial charge in [0.2, 0.25) is 0 Å². The number of aliphatic carboxylic acids is 1. The number of carboxylic acid groups (broad SMARTS) is 1. The molecule has 0 heterocycles. The predicted molar refractivity (Wildman–Crippen MR) is 116 cm³/mol. The summed E-state index contributed by atoms with van der Waals surface area (Å²) < 4.78 is 0. The number of hydrogen-bond donors (Lipinski definition) is 1. The maximum Gasteiger partial charge on any atom is 0.323 e. The zero-order valence-electron chi connectivity index (χ0n) is 16.7. The fraction of sp³-hybridized carbons (Fsp3) is 0.292. The third-order valence-corrected chi connectivity index (χ3v) is 4.52. The number of hydrogen-bond acceptors (Lipinski definition) is 2. The monoisotopic (exact) mass is 395 g/mol. The number of likely N-dealkylation sites (N-methyl/N-ethyl adjacent to an activating group) is 1. The maximum absolute atomic E-state index is 10.9. The summed E-state index contributed by atoms with van der Waals surface area (Å²) in [6.07, 6.45) is 3.66. The molecule has 0 amide bonds. The van der Waals surface area contributed by atoms with Crippen LogP contribution in [0.2, 0.25) is 5.02 Å². The summed E-state index contributed by atoms with van der Waals surface area (Å²) in [5.74, 6) is 5.47. The molecule has 2 rings (SSSR count). The average molecular weight is 396 g/mol. The van der Waals surface area contributed by atoms with Crippen molar-refractivity contribution in [2.75, 3.05) is 13.6 Å². The van der Waals surface area contributed by atoms with Gasteiger partial charge in [0.1, 0.15) is 6.54 Å². The van der Waals surface area contributed by atoms with E-state index in [1.54, 1.807) is 18.1 Å². The fourth-order valence-electron chi connectivity index (χ4n) is 2.63. The van der Waals surface area contributed by atoms with E-state index in [4.69, 9.17) is 16.7 Å². The van der Waals surface area contributed by atoms with Gasteiger partial charge in [0.15, 0.2) is 0 Å². The van der Waals surface area contributed by atoms with E-state index in [0.717, 1.165) is 11.1 Å². The molecule has 1 unspecified atom stereocenters. The Morgan fingerprint density at radius 2 is 1.75 bits per heavy atom. The Kier molecular flexibility index (Phi) is 7.31. The Bertz CT molecular complexity index is 881. The number of rotatable bonds is 5. The molecule has 0 radical (unpaired) electrons. The highest BCUT2D eigenvalue weighted by Gasteiger charge is 2.12. The lowest BCUT2D eigenvalue weighted by Crippen LogP contribution is -2.20. The molecule has 1 N–H and O–H groups in total. The second kappa shape index (κ2) is 9.48. The van der Waals surface area contributed by atoms with Crippen LogP contribution in [0.4, 0.5) is 0 Å². The predicted octanol–water partition coefficient (Wildman–Crippen LogP) is 5.30. The van der Waals surface area contributed by atoms with Crippen molar-refractivity contribution in [3.8, 4) is 11.8 Å². The molecule has 2 aromatic rings. The molecule has 0 saturated carbocycles. The topological polar surface area (TPSA) is 40.5 Å². The molecule has 0 aromatic heterocycles. The smallest absolute Gasteiger partial charge is 0.323 e. The first-order valence-electron chi connectivity index (χ1n) is 9.13. The van der Waals surface area contributed by atoms with Crippen molar-refractivity contribution < 1.29 is 9.90 Å². The number of nitrogens with zero attached hydrogens (tertiary/aromatic N) is 1. The quantitative estimate of drug-likeness (QED) is 0.698. The van der Waals surface area contributed by atoms with Crippen LogP contribution in [-0.2, 0) is 10.2 Å². The standard InChI is InChI=1S/C24H26ClNO2/c1-24(2,3)21-11-6-18(7-12-21)5-8-20(15-16-26(4)17-23(27)28)19-9-13-22(25)14-10-19/h6-7,9-16,20H,17H2,1-4H3,(H,27,28). The van der Waals surface area contributed by atoms with E-state index in [0.29, 0.717) is 5.02 Å². The summed E-state index contributed by atoms with van der Waals surface area (Å²) in [5.41, 5.74) is 3.32. The second-order valence-corrected chi connectivity index (χ2v) is 8.21. The number of benzene rings is 2. The lowest BCUT2D eigenvalue weighted by Gasteiger charge is -2.18. The first kappa shape index (κ1) is 21.6. The van der Waals surface area contributed by atoms with Crippen molar-refractivity contribution in [1.29, 1.82) is 0 Å². The molecule has 0 bridgehead atoms. The van der Waals surface area contributed by atoms with E-state index in [9.17, 15) is 4.79 Å². The molecule has 0 aliphatic rings. The van der Waals surface area contributed by atoms with Crippen LogP contribution in [0, 0.1) is 11.8 Å². The van der Waals surface area contributed by atoms with Gasteiger partial charge in [-0.3, -0.25) is 4.79 Å². The molecule has 2 aromatic carbocycles. The van der Waals surface area contributed by atoms with E-state index in [1.165, 1.54) is 5.56 Å². The molecular weight excluding hydrogens is 370 g/mol. The van der Waals surface area contributed by atoms with Gasteiger partial charge in [0.05, 0.1) is 5.92 Å². The zero-order valence-corrected chi connectivity index (χ0v) is 17.5. The highest BCUT2D eigenvalue weighted by atomic mass is 35.5. The highest BCUT2D eigenvalue weighted by molar-refractivity contribution is 6.30. The molecule has 3 nitrogen and oxygen atoms in total. The molecule has 0 aliphatic carbocycles. The summed E-state index contributed by atoms with van der Waals surface area (Å²) in [6, 6.07) is 15.8. The Labute approximate surface area is 172 Å². The van der Waals surface area contributed by atoms with Crippen molar-refractivity contribution in [3.05, 3.63) is 82.5 Å². The van der Waals surface area contributed by atoms with Crippen molar-refractivity contribution in [2.45, 2.75) is 32.1 Å². The Balaban J connectivity index is 2.27. The van der Waals surface area contributed by atoms with E-state index < -0.39 is 5.97 Å². The third kappa shape index (κ3) is 6.79. The van der Waals surface area contributed by atoms with Gasteiger partial charge < -0.3 is 10.0 Å². The molecule has 0 spiro atoms. The van der Waals surface area contributed by atoms with Crippen LogP contribution in [0.15, 0.2) is 60.8 Å². The van der Waals surface area contributed by atoms with Crippen LogP contribution in [0.25, 0.3) is 0 Å². The van der Waals surface area contributed by atoms with E-state index >= 15 is 0 Å². The Hall–Kier alpha value is -2.70. The minimum Gasteiger partial charge on any atom is -0.480 e. The minimum absolute atomic E-state index is 0.0640. The summed E-state index contributed by atoms with van der Waals surface area (Å²) in [4.78, 5) is 12.5. The number of allylic oxidation sites excluding steroid dienone is 1. The molecule has 0 saturated heterocycles. The first-order chi connectivity index (χ1) is 13.1. The van der Waals surface area contributed by atoms with Gasteiger partial charge in [-0.05, 0) is 53.1 Å². The second-order valence-electron chi connectivity index (χ2n) is 7.78. The van der Waals surface area contributed by atoms with Gasteiger partial charge in [-0.1, -0.05) is 68.5 Å². The molecular formula is C24H26ClNO2. The third-order valence-electron chi connectivity index (χ3n) is 4.27. The van der Waals surface area contributed by atoms with Gasteiger partial charge in [-0.15, -0.1) is 0 Å². The van der Waals surface area contributed by atoms with Crippen LogP contribution < -0.4 is 0 Å². The number of carboxylic acids is 1. The molecule has 28 heavy (non-hydrogen) atoms. The van der Waals surface area contributed by atoms with Gasteiger partial charge in [0, 0.05) is 17.6 Å². The summed E-state index contributed by atoms with van der Waals surface area (Å²) in [6.45, 7) is 6.49. The van der Waals surface area contributed by atoms with E-state index in [2.05, 4.69) is 44.7 Å². The van der Waals surface area contributed by atoms with Crippen LogP contribution in [0.3, 0.4) is 0 Å². The van der Waals surface area contributed by atoms with Crippen LogP contribution in [-0.4, -0.2) is 29.6 Å². The average Bonchev–Trinajstić information content (AvgIpc) is 2.62. The Morgan fingerprint density at radius 3 is 2.29 bits per heavy atom. The van der Waals surface area contributed by atoms with Gasteiger partial charge in [-0.25, -0.2) is 0 Å². The summed E-state index contributed by atoms with van der Waals surface area (Å²) in [7, 11) is 1.72. The van der Waals surface area contributed by atoms with Crippen molar-refractivity contribution >= 4 is 17.6 Å². The lowest BCUT2D eigenvalue weighted by atomic mass is 9.87. The maximum atomic E-state index is 10.9. The number of carbonyl (C=O) groups is 1. The minimum atomic E-state index is -0.875. The van der Waals surface area contributed by atoms with E-state index in [-0.39, 0.29) is 17.9 Å². The fourth-order valence-corrected chi connectivity index (χ4v) is 2.75. The van der Waals surface area contributed by atoms with Crippen molar-refractivity contribution in [2.24, 2.45) is 0 Å². The lowest BCUT2D eigenvalue weighted by molar-refractivity contribution is -0.137. The van der Waals surface area contributed by atoms with Crippen molar-refractivity contribution in [3.63, 3.8) is 0 Å². The molecule has 1 atom stereocenters. The SMILES string of the molecule is CN(C=CC(C#Cc1ccc(C(C)(C)C)cc1)c1ccc(Cl)cc1)CC(=O)O. The summed E-state index contributed by atoms with van der Waals surface area (Å²) in [5, 5.41) is 9.58. The Morgan fingerprint density at radius 1 is 1.14 bits per heavy atom. The molecule has 4 heteroatoms. The largest absolute Gasteiger partial charge is 0.480 e. The van der Waals surface area contributed by atoms with Crippen LogP contribution in [0.1, 0.15) is 43.4 Å². The summed E-state index contributed by atoms with van der Waals surface area (Å²) >= 11 is 6.00. The van der Waals surface area contributed by atoms with Crippen LogP contribution in [0.5, 0.6) is 0 Å².